The van der Waals surface area contributed by atoms with Crippen LogP contribution in [0.5, 0.6) is 11.5 Å². The summed E-state index contributed by atoms with van der Waals surface area (Å²) in [5.41, 5.74) is 4.33. The zero-order valence-corrected chi connectivity index (χ0v) is 13.2. The molecule has 3 nitrogen and oxygen atoms in total. The smallest absolute Gasteiger partial charge is 0.126 e. The van der Waals surface area contributed by atoms with Gasteiger partial charge in [0.05, 0.1) is 0 Å². The number of aromatic hydroxyl groups is 2. The molecule has 0 saturated heterocycles. The van der Waals surface area contributed by atoms with Crippen LogP contribution in [-0.4, -0.2) is 15.2 Å². The molecule has 0 fully saturated rings. The fourth-order valence-corrected chi connectivity index (χ4v) is 2.81. The predicted molar refractivity (Wildman–Crippen MR) is 91.7 cm³/mol. The van der Waals surface area contributed by atoms with Crippen molar-refractivity contribution in [2.75, 3.05) is 0 Å². The molecule has 0 aliphatic heterocycles. The second kappa shape index (κ2) is 6.13. The second-order valence-corrected chi connectivity index (χ2v) is 5.75. The van der Waals surface area contributed by atoms with Gasteiger partial charge in [-0.15, -0.1) is 0 Å². The highest BCUT2D eigenvalue weighted by atomic mass is 16.3. The van der Waals surface area contributed by atoms with Gasteiger partial charge in [-0.05, 0) is 47.9 Å². The van der Waals surface area contributed by atoms with Gasteiger partial charge in [-0.2, -0.15) is 0 Å². The molecule has 1 aromatic heterocycles. The van der Waals surface area contributed by atoms with Gasteiger partial charge in [-0.25, -0.2) is 0 Å². The number of pyridine rings is 1. The van der Waals surface area contributed by atoms with Crippen molar-refractivity contribution >= 4 is 0 Å². The standard InChI is InChI=1S/C20H19NO2/c1-13-11-16(14(2)15-7-9-21-10-8-15)12-18(20(13)23)17-5-3-4-6-19(17)22/h3-12,14,22-23H,1-2H3. The number of aromatic nitrogens is 1. The normalized spacial score (nSPS) is 12.1. The summed E-state index contributed by atoms with van der Waals surface area (Å²) in [4.78, 5) is 4.06. The van der Waals surface area contributed by atoms with Crippen molar-refractivity contribution in [3.8, 4) is 22.6 Å². The average molecular weight is 305 g/mol. The largest absolute Gasteiger partial charge is 0.507 e. The average Bonchev–Trinajstić information content (AvgIpc) is 2.58. The summed E-state index contributed by atoms with van der Waals surface area (Å²) in [5.74, 6) is 0.537. The van der Waals surface area contributed by atoms with Gasteiger partial charge >= 0.3 is 0 Å². The molecule has 23 heavy (non-hydrogen) atoms. The molecule has 0 amide bonds. The Bertz CT molecular complexity index is 828. The third-order valence-corrected chi connectivity index (χ3v) is 4.22. The number of nitrogens with zero attached hydrogens (tertiary/aromatic N) is 1. The number of phenols is 2. The van der Waals surface area contributed by atoms with Gasteiger partial charge < -0.3 is 10.2 Å². The summed E-state index contributed by atoms with van der Waals surface area (Å²) < 4.78 is 0. The van der Waals surface area contributed by atoms with E-state index in [1.54, 1.807) is 24.5 Å². The maximum absolute atomic E-state index is 10.4. The molecule has 0 aliphatic rings. The van der Waals surface area contributed by atoms with E-state index in [2.05, 4.69) is 11.9 Å². The molecule has 0 spiro atoms. The molecule has 1 heterocycles. The minimum atomic E-state index is 0.163. The lowest BCUT2D eigenvalue weighted by atomic mass is 9.89. The number of hydrogen-bond acceptors (Lipinski definition) is 3. The molecule has 116 valence electrons. The number of hydrogen-bond donors (Lipinski definition) is 2. The molecule has 0 saturated carbocycles. The molecule has 1 unspecified atom stereocenters. The highest BCUT2D eigenvalue weighted by Gasteiger charge is 2.16. The van der Waals surface area contributed by atoms with Crippen LogP contribution in [0.3, 0.4) is 0 Å². The van der Waals surface area contributed by atoms with Gasteiger partial charge in [0.15, 0.2) is 0 Å². The fourth-order valence-electron chi connectivity index (χ4n) is 2.81. The lowest BCUT2D eigenvalue weighted by Crippen LogP contribution is -1.98. The zero-order chi connectivity index (χ0) is 16.4. The molecular weight excluding hydrogens is 286 g/mol. The number of para-hydroxylation sites is 1. The minimum absolute atomic E-state index is 0.163. The van der Waals surface area contributed by atoms with Crippen LogP contribution in [0.15, 0.2) is 60.9 Å². The molecular formula is C20H19NO2. The third kappa shape index (κ3) is 2.90. The maximum atomic E-state index is 10.4. The Labute approximate surface area is 135 Å². The zero-order valence-electron chi connectivity index (χ0n) is 13.2. The van der Waals surface area contributed by atoms with E-state index >= 15 is 0 Å². The maximum Gasteiger partial charge on any atom is 0.126 e. The Balaban J connectivity index is 2.13. The molecule has 2 aromatic carbocycles. The molecule has 0 bridgehead atoms. The Morgan fingerprint density at radius 3 is 2.26 bits per heavy atom. The van der Waals surface area contributed by atoms with E-state index in [1.165, 1.54) is 0 Å². The van der Waals surface area contributed by atoms with E-state index in [0.717, 1.165) is 16.7 Å². The molecule has 2 N–H and O–H groups in total. The van der Waals surface area contributed by atoms with Crippen molar-refractivity contribution in [1.82, 2.24) is 4.98 Å². The topological polar surface area (TPSA) is 53.4 Å². The van der Waals surface area contributed by atoms with Crippen molar-refractivity contribution in [3.63, 3.8) is 0 Å². The summed E-state index contributed by atoms with van der Waals surface area (Å²) in [5, 5.41) is 20.5. The first-order valence-electron chi connectivity index (χ1n) is 7.59. The van der Waals surface area contributed by atoms with Gasteiger partial charge in [0.1, 0.15) is 11.5 Å². The van der Waals surface area contributed by atoms with E-state index in [1.807, 2.05) is 43.3 Å². The van der Waals surface area contributed by atoms with Gasteiger partial charge in [0.25, 0.3) is 0 Å². The van der Waals surface area contributed by atoms with Gasteiger partial charge in [0, 0.05) is 29.4 Å². The summed E-state index contributed by atoms with van der Waals surface area (Å²) in [7, 11) is 0. The number of aryl methyl sites for hydroxylation is 1. The van der Waals surface area contributed by atoms with Gasteiger partial charge in [0.2, 0.25) is 0 Å². The summed E-state index contributed by atoms with van der Waals surface area (Å²) >= 11 is 0. The Morgan fingerprint density at radius 1 is 0.870 bits per heavy atom. The number of benzene rings is 2. The lowest BCUT2D eigenvalue weighted by Gasteiger charge is -2.17. The van der Waals surface area contributed by atoms with E-state index in [-0.39, 0.29) is 17.4 Å². The molecule has 0 aliphatic carbocycles. The van der Waals surface area contributed by atoms with Crippen molar-refractivity contribution in [3.05, 3.63) is 77.6 Å². The minimum Gasteiger partial charge on any atom is -0.507 e. The quantitative estimate of drug-likeness (QED) is 0.742. The predicted octanol–water partition coefficient (Wildman–Crippen LogP) is 4.62. The first-order valence-corrected chi connectivity index (χ1v) is 7.59. The third-order valence-electron chi connectivity index (χ3n) is 4.22. The Kier molecular flexibility index (Phi) is 4.02. The summed E-state index contributed by atoms with van der Waals surface area (Å²) in [6.45, 7) is 4.00. The first-order chi connectivity index (χ1) is 11.1. The second-order valence-electron chi connectivity index (χ2n) is 5.75. The van der Waals surface area contributed by atoms with E-state index in [0.29, 0.717) is 11.1 Å². The molecule has 0 radical (unpaired) electrons. The van der Waals surface area contributed by atoms with Crippen LogP contribution in [-0.2, 0) is 0 Å². The highest BCUT2D eigenvalue weighted by molar-refractivity contribution is 5.77. The van der Waals surface area contributed by atoms with E-state index in [9.17, 15) is 10.2 Å². The number of rotatable bonds is 3. The van der Waals surface area contributed by atoms with Gasteiger partial charge in [-0.3, -0.25) is 4.98 Å². The van der Waals surface area contributed by atoms with Crippen LogP contribution < -0.4 is 0 Å². The van der Waals surface area contributed by atoms with Crippen molar-refractivity contribution in [2.45, 2.75) is 19.8 Å². The van der Waals surface area contributed by atoms with Gasteiger partial charge in [-0.1, -0.05) is 31.2 Å². The highest BCUT2D eigenvalue weighted by Crippen LogP contribution is 2.39. The summed E-state index contributed by atoms with van der Waals surface area (Å²) in [6, 6.07) is 15.0. The van der Waals surface area contributed by atoms with Crippen LogP contribution in [0.25, 0.3) is 11.1 Å². The van der Waals surface area contributed by atoms with Crippen molar-refractivity contribution < 1.29 is 10.2 Å². The van der Waals surface area contributed by atoms with Crippen LogP contribution in [0.4, 0.5) is 0 Å². The Morgan fingerprint density at radius 2 is 1.57 bits per heavy atom. The van der Waals surface area contributed by atoms with Crippen LogP contribution in [0, 0.1) is 6.92 Å². The fraction of sp³-hybridized carbons (Fsp3) is 0.150. The Hall–Kier alpha value is -2.81. The monoisotopic (exact) mass is 305 g/mol. The van der Waals surface area contributed by atoms with Crippen LogP contribution in [0.2, 0.25) is 0 Å². The molecule has 3 rings (SSSR count). The van der Waals surface area contributed by atoms with Crippen LogP contribution >= 0.6 is 0 Å². The van der Waals surface area contributed by atoms with Crippen LogP contribution in [0.1, 0.15) is 29.5 Å². The van der Waals surface area contributed by atoms with E-state index in [4.69, 9.17) is 0 Å². The van der Waals surface area contributed by atoms with E-state index < -0.39 is 0 Å². The van der Waals surface area contributed by atoms with Crippen molar-refractivity contribution in [1.29, 1.82) is 0 Å². The lowest BCUT2D eigenvalue weighted by molar-refractivity contribution is 0.466. The number of phenolic OH excluding ortho intramolecular Hbond substituents is 2. The van der Waals surface area contributed by atoms with Crippen molar-refractivity contribution in [2.24, 2.45) is 0 Å². The molecule has 3 heteroatoms. The SMILES string of the molecule is Cc1cc(C(C)c2ccncc2)cc(-c2ccccc2O)c1O. The molecule has 3 aromatic rings. The summed E-state index contributed by atoms with van der Waals surface area (Å²) in [6.07, 6.45) is 3.56. The molecule has 1 atom stereocenters. The first kappa shape index (κ1) is 15.1.